The van der Waals surface area contributed by atoms with Crippen molar-refractivity contribution >= 4 is 27.4 Å². The average molecular weight is 334 g/mol. The van der Waals surface area contributed by atoms with Crippen molar-refractivity contribution in [2.45, 2.75) is 63.8 Å². The summed E-state index contributed by atoms with van der Waals surface area (Å²) < 4.78 is 29.8. The normalized spacial score (nSPS) is 32.5. The van der Waals surface area contributed by atoms with Crippen LogP contribution >= 0.6 is 12.2 Å². The van der Waals surface area contributed by atoms with Gasteiger partial charge in [0.25, 0.3) is 10.2 Å². The van der Waals surface area contributed by atoms with Crippen LogP contribution in [0.5, 0.6) is 0 Å². The molecule has 0 aromatic rings. The van der Waals surface area contributed by atoms with E-state index in [1.165, 1.54) is 0 Å². The van der Waals surface area contributed by atoms with Crippen LogP contribution in [0, 0.1) is 5.92 Å². The highest BCUT2D eigenvalue weighted by Gasteiger charge is 2.41. The molecule has 0 bridgehead atoms. The first-order valence-electron chi connectivity index (χ1n) is 7.95. The Kier molecular flexibility index (Phi) is 5.62. The molecular weight excluding hydrogens is 306 g/mol. The topological polar surface area (TPSA) is 75.4 Å². The van der Waals surface area contributed by atoms with E-state index in [0.717, 1.165) is 38.5 Å². The SMILES string of the molecule is CC1CCC(NS(=O)(=O)N2CCCCCC2)(C(N)=S)CC1. The van der Waals surface area contributed by atoms with Crippen LogP contribution in [0.25, 0.3) is 0 Å². The third kappa shape index (κ3) is 4.15. The number of thiocarbonyl (C=S) groups is 1. The van der Waals surface area contributed by atoms with Crippen LogP contribution in [0.3, 0.4) is 0 Å². The first kappa shape index (κ1) is 17.1. The van der Waals surface area contributed by atoms with Gasteiger partial charge in [0.1, 0.15) is 0 Å². The molecule has 0 amide bonds. The minimum Gasteiger partial charge on any atom is -0.392 e. The summed E-state index contributed by atoms with van der Waals surface area (Å²) in [4.78, 5) is 0.285. The molecule has 0 spiro atoms. The lowest BCUT2D eigenvalue weighted by Gasteiger charge is -2.40. The van der Waals surface area contributed by atoms with Crippen molar-refractivity contribution in [1.82, 2.24) is 9.03 Å². The van der Waals surface area contributed by atoms with Crippen molar-refractivity contribution in [3.63, 3.8) is 0 Å². The van der Waals surface area contributed by atoms with Crippen molar-refractivity contribution < 1.29 is 8.42 Å². The van der Waals surface area contributed by atoms with E-state index >= 15 is 0 Å². The third-order valence-corrected chi connectivity index (χ3v) is 6.91. The maximum absolute atomic E-state index is 12.7. The van der Waals surface area contributed by atoms with Crippen molar-refractivity contribution in [2.24, 2.45) is 11.7 Å². The molecule has 3 N–H and O–H groups in total. The standard InChI is InChI=1S/C14H27N3O2S2/c1-12-6-8-14(9-7-12,13(15)20)16-21(18,19)17-10-4-2-3-5-11-17/h12,16H,2-11H2,1H3,(H2,15,20). The maximum atomic E-state index is 12.7. The van der Waals surface area contributed by atoms with Crippen LogP contribution in [-0.4, -0.2) is 36.3 Å². The molecule has 5 nitrogen and oxygen atoms in total. The highest BCUT2D eigenvalue weighted by Crippen LogP contribution is 2.33. The molecule has 0 aromatic carbocycles. The van der Waals surface area contributed by atoms with E-state index in [2.05, 4.69) is 11.6 Å². The van der Waals surface area contributed by atoms with Crippen molar-refractivity contribution in [3.05, 3.63) is 0 Å². The quantitative estimate of drug-likeness (QED) is 0.771. The van der Waals surface area contributed by atoms with Crippen molar-refractivity contribution in [3.8, 4) is 0 Å². The van der Waals surface area contributed by atoms with Crippen molar-refractivity contribution in [1.29, 1.82) is 0 Å². The Labute approximate surface area is 133 Å². The summed E-state index contributed by atoms with van der Waals surface area (Å²) in [6.07, 6.45) is 7.39. The molecule has 2 fully saturated rings. The van der Waals surface area contributed by atoms with Crippen LogP contribution < -0.4 is 10.5 Å². The fourth-order valence-electron chi connectivity index (χ4n) is 3.25. The zero-order valence-electron chi connectivity index (χ0n) is 12.8. The Bertz CT molecular complexity index is 463. The lowest BCUT2D eigenvalue weighted by molar-refractivity contribution is 0.282. The summed E-state index contributed by atoms with van der Waals surface area (Å²) in [6, 6.07) is 0. The Morgan fingerprint density at radius 2 is 1.71 bits per heavy atom. The number of hydrogen-bond acceptors (Lipinski definition) is 3. The summed E-state index contributed by atoms with van der Waals surface area (Å²) in [5, 5.41) is 0. The van der Waals surface area contributed by atoms with Gasteiger partial charge in [0.05, 0.1) is 10.5 Å². The van der Waals surface area contributed by atoms with E-state index in [1.807, 2.05) is 0 Å². The summed E-state index contributed by atoms with van der Waals surface area (Å²) in [5.74, 6) is 0.607. The van der Waals surface area contributed by atoms with Gasteiger partial charge in [-0.25, -0.2) is 0 Å². The van der Waals surface area contributed by atoms with Gasteiger partial charge in [0.15, 0.2) is 0 Å². The molecule has 1 aliphatic carbocycles. The summed E-state index contributed by atoms with van der Waals surface area (Å²) in [5.41, 5.74) is 5.17. The molecule has 2 rings (SSSR count). The molecule has 1 saturated heterocycles. The molecule has 1 heterocycles. The molecule has 21 heavy (non-hydrogen) atoms. The molecule has 0 unspecified atom stereocenters. The minimum atomic E-state index is -3.51. The maximum Gasteiger partial charge on any atom is 0.280 e. The van der Waals surface area contributed by atoms with E-state index in [0.29, 0.717) is 31.8 Å². The Morgan fingerprint density at radius 3 is 2.19 bits per heavy atom. The molecule has 0 radical (unpaired) electrons. The molecule has 1 saturated carbocycles. The molecule has 122 valence electrons. The first-order chi connectivity index (χ1) is 9.86. The van der Waals surface area contributed by atoms with Crippen LogP contribution in [-0.2, 0) is 10.2 Å². The van der Waals surface area contributed by atoms with Crippen LogP contribution in [0.4, 0.5) is 0 Å². The Morgan fingerprint density at radius 1 is 1.19 bits per heavy atom. The van der Waals surface area contributed by atoms with Gasteiger partial charge < -0.3 is 5.73 Å². The molecular formula is C14H27N3O2S2. The fraction of sp³-hybridized carbons (Fsp3) is 0.929. The number of nitrogens with two attached hydrogens (primary N) is 1. The molecule has 1 aliphatic heterocycles. The largest absolute Gasteiger partial charge is 0.392 e. The molecule has 0 atom stereocenters. The van der Waals surface area contributed by atoms with Gasteiger partial charge in [-0.1, -0.05) is 32.0 Å². The smallest absolute Gasteiger partial charge is 0.280 e. The summed E-state index contributed by atoms with van der Waals surface area (Å²) in [6.45, 7) is 3.38. The Hall–Kier alpha value is -0.240. The summed E-state index contributed by atoms with van der Waals surface area (Å²) >= 11 is 5.19. The first-order valence-corrected chi connectivity index (χ1v) is 9.79. The highest BCUT2D eigenvalue weighted by atomic mass is 32.2. The fourth-order valence-corrected chi connectivity index (χ4v) is 5.24. The number of nitrogens with zero attached hydrogens (tertiary/aromatic N) is 1. The van der Waals surface area contributed by atoms with Gasteiger partial charge in [-0.2, -0.15) is 17.4 Å². The van der Waals surface area contributed by atoms with E-state index in [4.69, 9.17) is 18.0 Å². The minimum absolute atomic E-state index is 0.285. The Balaban J connectivity index is 2.13. The second kappa shape index (κ2) is 6.89. The van der Waals surface area contributed by atoms with E-state index < -0.39 is 15.7 Å². The van der Waals surface area contributed by atoms with Gasteiger partial charge in [0.2, 0.25) is 0 Å². The second-order valence-electron chi connectivity index (χ2n) is 6.55. The predicted molar refractivity (Wildman–Crippen MR) is 89.2 cm³/mol. The number of hydrogen-bond donors (Lipinski definition) is 2. The van der Waals surface area contributed by atoms with Crippen LogP contribution in [0.15, 0.2) is 0 Å². The van der Waals surface area contributed by atoms with Gasteiger partial charge in [0, 0.05) is 13.1 Å². The predicted octanol–water partition coefficient (Wildman–Crippen LogP) is 1.93. The summed E-state index contributed by atoms with van der Waals surface area (Å²) in [7, 11) is -3.51. The number of rotatable bonds is 4. The number of nitrogens with one attached hydrogen (secondary N) is 1. The van der Waals surface area contributed by atoms with E-state index in [9.17, 15) is 8.42 Å². The molecule has 7 heteroatoms. The highest BCUT2D eigenvalue weighted by molar-refractivity contribution is 7.87. The monoisotopic (exact) mass is 333 g/mol. The van der Waals surface area contributed by atoms with Crippen LogP contribution in [0.1, 0.15) is 58.3 Å². The van der Waals surface area contributed by atoms with Crippen LogP contribution in [0.2, 0.25) is 0 Å². The van der Waals surface area contributed by atoms with E-state index in [1.54, 1.807) is 4.31 Å². The zero-order valence-corrected chi connectivity index (χ0v) is 14.4. The lowest BCUT2D eigenvalue weighted by atomic mass is 9.78. The van der Waals surface area contributed by atoms with Gasteiger partial charge in [-0.05, 0) is 44.4 Å². The zero-order chi connectivity index (χ0) is 15.5. The van der Waals surface area contributed by atoms with Gasteiger partial charge in [-0.15, -0.1) is 0 Å². The van der Waals surface area contributed by atoms with Crippen molar-refractivity contribution in [2.75, 3.05) is 13.1 Å². The second-order valence-corrected chi connectivity index (χ2v) is 8.66. The van der Waals surface area contributed by atoms with Gasteiger partial charge in [-0.3, -0.25) is 0 Å². The average Bonchev–Trinajstić information content (AvgIpc) is 2.70. The molecule has 0 aromatic heterocycles. The lowest BCUT2D eigenvalue weighted by Crippen LogP contribution is -2.61. The molecule has 2 aliphatic rings. The van der Waals surface area contributed by atoms with Gasteiger partial charge >= 0.3 is 0 Å². The van der Waals surface area contributed by atoms with E-state index in [-0.39, 0.29) is 4.99 Å². The third-order valence-electron chi connectivity index (χ3n) is 4.83.